The second kappa shape index (κ2) is 3.49. The van der Waals surface area contributed by atoms with Crippen LogP contribution in [0, 0.1) is 6.92 Å². The Morgan fingerprint density at radius 3 is 3.07 bits per heavy atom. The largest absolute Gasteiger partial charge is 0.363 e. The van der Waals surface area contributed by atoms with Gasteiger partial charge in [-0.1, -0.05) is 0 Å². The zero-order chi connectivity index (χ0) is 11.0. The molecular weight excluding hydrogens is 192 g/mol. The van der Waals surface area contributed by atoms with Crippen LogP contribution in [0.4, 0.5) is 11.5 Å². The van der Waals surface area contributed by atoms with Crippen LogP contribution in [0.25, 0.3) is 0 Å². The fourth-order valence-electron chi connectivity index (χ4n) is 1.84. The molecule has 0 spiro atoms. The zero-order valence-corrected chi connectivity index (χ0v) is 9.11. The molecule has 2 heterocycles. The summed E-state index contributed by atoms with van der Waals surface area (Å²) in [6, 6.07) is 0.206. The minimum absolute atomic E-state index is 0.0423. The molecule has 0 saturated carbocycles. The number of amides is 1. The van der Waals surface area contributed by atoms with E-state index in [4.69, 9.17) is 0 Å². The summed E-state index contributed by atoms with van der Waals surface area (Å²) in [7, 11) is 0. The van der Waals surface area contributed by atoms with Gasteiger partial charge in [-0.3, -0.25) is 4.79 Å². The molecule has 1 N–H and O–H groups in total. The van der Waals surface area contributed by atoms with Crippen molar-refractivity contribution in [3.8, 4) is 0 Å². The second-order valence-corrected chi connectivity index (χ2v) is 3.90. The number of aryl methyl sites for hydroxylation is 1. The maximum atomic E-state index is 11.5. The number of nitrogens with zero attached hydrogens (tertiary/aromatic N) is 3. The van der Waals surface area contributed by atoms with Crippen LogP contribution < -0.4 is 10.2 Å². The van der Waals surface area contributed by atoms with E-state index in [0.29, 0.717) is 12.4 Å². The molecule has 1 aromatic heterocycles. The molecule has 0 saturated heterocycles. The van der Waals surface area contributed by atoms with Gasteiger partial charge in [0, 0.05) is 19.5 Å². The normalized spacial score (nSPS) is 19.4. The van der Waals surface area contributed by atoms with Crippen molar-refractivity contribution in [2.45, 2.75) is 26.8 Å². The molecule has 1 unspecified atom stereocenters. The predicted molar refractivity (Wildman–Crippen MR) is 57.9 cm³/mol. The molecule has 0 fully saturated rings. The average Bonchev–Trinajstić information content (AvgIpc) is 2.16. The molecule has 5 heteroatoms. The number of carbonyl (C=O) groups is 1. The van der Waals surface area contributed by atoms with Crippen LogP contribution in [0.1, 0.15) is 19.4 Å². The second-order valence-electron chi connectivity index (χ2n) is 3.90. The summed E-state index contributed by atoms with van der Waals surface area (Å²) in [5, 5.41) is 11.1. The first-order valence-corrected chi connectivity index (χ1v) is 4.96. The molecule has 0 radical (unpaired) electrons. The van der Waals surface area contributed by atoms with Gasteiger partial charge in [-0.15, -0.1) is 5.10 Å². The minimum atomic E-state index is 0.0423. The van der Waals surface area contributed by atoms with Gasteiger partial charge >= 0.3 is 0 Å². The lowest BCUT2D eigenvalue weighted by Crippen LogP contribution is -2.43. The van der Waals surface area contributed by atoms with Crippen LogP contribution in [0.3, 0.4) is 0 Å². The Kier molecular flexibility index (Phi) is 2.30. The van der Waals surface area contributed by atoms with E-state index in [9.17, 15) is 4.79 Å². The van der Waals surface area contributed by atoms with E-state index in [1.807, 2.05) is 13.8 Å². The third-order valence-corrected chi connectivity index (χ3v) is 2.50. The van der Waals surface area contributed by atoms with E-state index in [-0.39, 0.29) is 11.9 Å². The maximum Gasteiger partial charge on any atom is 0.224 e. The van der Waals surface area contributed by atoms with Crippen molar-refractivity contribution < 1.29 is 4.79 Å². The lowest BCUT2D eigenvalue weighted by atomic mass is 10.1. The quantitative estimate of drug-likeness (QED) is 0.686. The van der Waals surface area contributed by atoms with Crippen LogP contribution >= 0.6 is 0 Å². The number of aromatic nitrogens is 2. The van der Waals surface area contributed by atoms with E-state index in [1.54, 1.807) is 18.0 Å². The van der Waals surface area contributed by atoms with E-state index in [0.717, 1.165) is 11.3 Å². The van der Waals surface area contributed by atoms with Gasteiger partial charge in [0.15, 0.2) is 5.82 Å². The number of anilines is 2. The lowest BCUT2D eigenvalue weighted by Gasteiger charge is -2.33. The third-order valence-electron chi connectivity index (χ3n) is 2.50. The van der Waals surface area contributed by atoms with Crippen molar-refractivity contribution in [1.29, 1.82) is 0 Å². The molecule has 0 aliphatic carbocycles. The summed E-state index contributed by atoms with van der Waals surface area (Å²) in [5.41, 5.74) is 1.82. The molecule has 1 aliphatic heterocycles. The van der Waals surface area contributed by atoms with Gasteiger partial charge in [0.25, 0.3) is 0 Å². The summed E-state index contributed by atoms with van der Waals surface area (Å²) in [6.07, 6.45) is 1.67. The Bertz CT molecular complexity index is 404. The molecule has 80 valence electrons. The van der Waals surface area contributed by atoms with E-state index in [2.05, 4.69) is 15.5 Å². The predicted octanol–water partition coefficient (Wildman–Crippen LogP) is 0.952. The summed E-state index contributed by atoms with van der Waals surface area (Å²) >= 11 is 0. The standard InChI is InChI=1S/C10H14N4O/c1-6-4-11-13-10-9(6)14(8(3)15)5-7(2)12-10/h4,7H,5H2,1-3H3,(H,12,13). The zero-order valence-electron chi connectivity index (χ0n) is 9.11. The fraction of sp³-hybridized carbons (Fsp3) is 0.500. The van der Waals surface area contributed by atoms with Gasteiger partial charge in [-0.2, -0.15) is 5.10 Å². The van der Waals surface area contributed by atoms with Crippen molar-refractivity contribution in [2.24, 2.45) is 0 Å². The molecule has 1 aliphatic rings. The van der Waals surface area contributed by atoms with Crippen LogP contribution in [0.2, 0.25) is 0 Å². The van der Waals surface area contributed by atoms with Gasteiger partial charge in [0.05, 0.1) is 11.9 Å². The van der Waals surface area contributed by atoms with Crippen LogP contribution in [-0.4, -0.2) is 28.7 Å². The smallest absolute Gasteiger partial charge is 0.224 e. The lowest BCUT2D eigenvalue weighted by molar-refractivity contribution is -0.116. The first-order valence-electron chi connectivity index (χ1n) is 4.96. The number of fused-ring (bicyclic) bond motifs is 1. The first-order chi connectivity index (χ1) is 7.09. The Labute approximate surface area is 88.5 Å². The number of carbonyl (C=O) groups excluding carboxylic acids is 1. The van der Waals surface area contributed by atoms with Gasteiger partial charge < -0.3 is 10.2 Å². The Morgan fingerprint density at radius 2 is 2.40 bits per heavy atom. The molecule has 2 rings (SSSR count). The van der Waals surface area contributed by atoms with Crippen molar-refractivity contribution >= 4 is 17.4 Å². The fourth-order valence-corrected chi connectivity index (χ4v) is 1.84. The minimum Gasteiger partial charge on any atom is -0.363 e. The number of hydrogen-bond acceptors (Lipinski definition) is 4. The summed E-state index contributed by atoms with van der Waals surface area (Å²) in [4.78, 5) is 13.3. The highest BCUT2D eigenvalue weighted by Crippen LogP contribution is 2.31. The monoisotopic (exact) mass is 206 g/mol. The van der Waals surface area contributed by atoms with Gasteiger partial charge in [0.2, 0.25) is 5.91 Å². The van der Waals surface area contributed by atoms with Crippen LogP contribution in [-0.2, 0) is 4.79 Å². The van der Waals surface area contributed by atoms with E-state index in [1.165, 1.54) is 0 Å². The molecule has 1 amide bonds. The molecule has 1 aromatic rings. The van der Waals surface area contributed by atoms with Crippen LogP contribution in [0.15, 0.2) is 6.20 Å². The average molecular weight is 206 g/mol. The van der Waals surface area contributed by atoms with Gasteiger partial charge in [0.1, 0.15) is 0 Å². The molecular formula is C10H14N4O. The van der Waals surface area contributed by atoms with E-state index >= 15 is 0 Å². The highest BCUT2D eigenvalue weighted by atomic mass is 16.2. The van der Waals surface area contributed by atoms with Gasteiger partial charge in [-0.25, -0.2) is 0 Å². The Balaban J connectivity index is 2.52. The van der Waals surface area contributed by atoms with Gasteiger partial charge in [-0.05, 0) is 19.4 Å². The highest BCUT2D eigenvalue weighted by Gasteiger charge is 2.26. The van der Waals surface area contributed by atoms with Crippen molar-refractivity contribution in [3.05, 3.63) is 11.8 Å². The summed E-state index contributed by atoms with van der Waals surface area (Å²) < 4.78 is 0. The van der Waals surface area contributed by atoms with Crippen LogP contribution in [0.5, 0.6) is 0 Å². The topological polar surface area (TPSA) is 58.1 Å². The Morgan fingerprint density at radius 1 is 1.67 bits per heavy atom. The van der Waals surface area contributed by atoms with Crippen molar-refractivity contribution in [1.82, 2.24) is 10.2 Å². The van der Waals surface area contributed by atoms with Crippen molar-refractivity contribution in [3.63, 3.8) is 0 Å². The Hall–Kier alpha value is -1.65. The molecule has 15 heavy (non-hydrogen) atoms. The molecule has 0 bridgehead atoms. The van der Waals surface area contributed by atoms with E-state index < -0.39 is 0 Å². The van der Waals surface area contributed by atoms with Crippen molar-refractivity contribution in [2.75, 3.05) is 16.8 Å². The molecule has 0 aromatic carbocycles. The summed E-state index contributed by atoms with van der Waals surface area (Å²) in [5.74, 6) is 0.740. The first kappa shape index (κ1) is 9.89. The third kappa shape index (κ3) is 1.65. The molecule has 5 nitrogen and oxygen atoms in total. The maximum absolute atomic E-state index is 11.5. The number of rotatable bonds is 0. The SMILES string of the molecule is CC(=O)N1CC(C)Nc2nncc(C)c21. The summed E-state index contributed by atoms with van der Waals surface area (Å²) in [6.45, 7) is 6.20. The number of nitrogens with one attached hydrogen (secondary N) is 1. The number of hydrogen-bond donors (Lipinski definition) is 1. The molecule has 1 atom stereocenters. The highest BCUT2D eigenvalue weighted by molar-refractivity contribution is 5.96.